The summed E-state index contributed by atoms with van der Waals surface area (Å²) in [4.78, 5) is 12.5. The van der Waals surface area contributed by atoms with Gasteiger partial charge in [-0.05, 0) is 64.6 Å². The highest BCUT2D eigenvalue weighted by molar-refractivity contribution is 6.62. The number of carbonyl (C=O) groups is 1. The van der Waals surface area contributed by atoms with Crippen molar-refractivity contribution in [2.24, 2.45) is 0 Å². The van der Waals surface area contributed by atoms with E-state index in [4.69, 9.17) is 9.31 Å². The van der Waals surface area contributed by atoms with Crippen LogP contribution in [-0.4, -0.2) is 41.5 Å². The lowest BCUT2D eigenvalue weighted by atomic mass is 9.78. The van der Waals surface area contributed by atoms with Gasteiger partial charge in [0.25, 0.3) is 5.91 Å². The molecule has 1 aromatic rings. The lowest BCUT2D eigenvalue weighted by Crippen LogP contribution is -2.41. The molecule has 2 atom stereocenters. The van der Waals surface area contributed by atoms with Crippen molar-refractivity contribution in [2.75, 3.05) is 0 Å². The zero-order chi connectivity index (χ0) is 17.5. The number of nitrogens with one attached hydrogen (secondary N) is 1. The summed E-state index contributed by atoms with van der Waals surface area (Å²) in [5, 5.41) is 12.8. The van der Waals surface area contributed by atoms with Crippen LogP contribution in [0, 0.1) is 0 Å². The maximum absolute atomic E-state index is 12.5. The van der Waals surface area contributed by atoms with Crippen LogP contribution >= 0.6 is 0 Å². The van der Waals surface area contributed by atoms with Gasteiger partial charge in [-0.1, -0.05) is 12.1 Å². The zero-order valence-electron chi connectivity index (χ0n) is 14.8. The van der Waals surface area contributed by atoms with Gasteiger partial charge in [0.05, 0.1) is 23.3 Å². The van der Waals surface area contributed by atoms with Gasteiger partial charge in [0.15, 0.2) is 0 Å². The van der Waals surface area contributed by atoms with Crippen LogP contribution in [0.3, 0.4) is 0 Å². The van der Waals surface area contributed by atoms with Gasteiger partial charge in [0.2, 0.25) is 0 Å². The largest absolute Gasteiger partial charge is 0.494 e. The number of aliphatic hydroxyl groups is 1. The quantitative estimate of drug-likeness (QED) is 0.826. The van der Waals surface area contributed by atoms with Crippen LogP contribution in [0.25, 0.3) is 0 Å². The fraction of sp³-hybridized carbons (Fsp3) is 0.611. The van der Waals surface area contributed by atoms with E-state index < -0.39 is 24.4 Å². The normalized spacial score (nSPS) is 28.1. The van der Waals surface area contributed by atoms with Crippen molar-refractivity contribution in [3.05, 3.63) is 29.8 Å². The van der Waals surface area contributed by atoms with Crippen molar-refractivity contribution in [1.82, 2.24) is 5.32 Å². The Morgan fingerprint density at radius 1 is 1.21 bits per heavy atom. The van der Waals surface area contributed by atoms with Crippen LogP contribution in [-0.2, 0) is 9.31 Å². The summed E-state index contributed by atoms with van der Waals surface area (Å²) < 4.78 is 12.1. The summed E-state index contributed by atoms with van der Waals surface area (Å²) in [6, 6.07) is 7.16. The molecule has 6 heteroatoms. The average Bonchev–Trinajstić information content (AvgIpc) is 3.00. The Hall–Kier alpha value is -1.37. The second kappa shape index (κ2) is 6.17. The van der Waals surface area contributed by atoms with Gasteiger partial charge in [-0.15, -0.1) is 0 Å². The Labute approximate surface area is 143 Å². The van der Waals surface area contributed by atoms with E-state index in [-0.39, 0.29) is 11.9 Å². The summed E-state index contributed by atoms with van der Waals surface area (Å²) in [6.07, 6.45) is 2.07. The number of amides is 1. The Morgan fingerprint density at radius 2 is 1.88 bits per heavy atom. The maximum atomic E-state index is 12.5. The average molecular weight is 331 g/mol. The summed E-state index contributed by atoms with van der Waals surface area (Å²) in [6.45, 7) is 8.02. The number of hydrogen-bond donors (Lipinski definition) is 2. The summed E-state index contributed by atoms with van der Waals surface area (Å²) >= 11 is 0. The Morgan fingerprint density at radius 3 is 2.46 bits per heavy atom. The lowest BCUT2D eigenvalue weighted by molar-refractivity contribution is 0.00578. The Balaban J connectivity index is 1.74. The van der Waals surface area contributed by atoms with E-state index in [0.717, 1.165) is 24.7 Å². The van der Waals surface area contributed by atoms with E-state index in [2.05, 4.69) is 5.32 Å². The predicted octanol–water partition coefficient (Wildman–Crippen LogP) is 1.63. The van der Waals surface area contributed by atoms with Crippen molar-refractivity contribution in [3.63, 3.8) is 0 Å². The molecule has 1 saturated carbocycles. The number of rotatable bonds is 3. The number of hydrogen-bond acceptors (Lipinski definition) is 4. The molecule has 0 unspecified atom stereocenters. The van der Waals surface area contributed by atoms with Crippen LogP contribution in [0.2, 0.25) is 0 Å². The summed E-state index contributed by atoms with van der Waals surface area (Å²) in [5.74, 6) is -0.167. The first-order valence-corrected chi connectivity index (χ1v) is 8.64. The third-order valence-electron chi connectivity index (χ3n) is 5.47. The predicted molar refractivity (Wildman–Crippen MR) is 93.3 cm³/mol. The second-order valence-corrected chi connectivity index (χ2v) is 7.79. The van der Waals surface area contributed by atoms with Gasteiger partial charge in [0, 0.05) is 5.56 Å². The van der Waals surface area contributed by atoms with Gasteiger partial charge in [-0.2, -0.15) is 0 Å². The van der Waals surface area contributed by atoms with E-state index >= 15 is 0 Å². The SMILES string of the molecule is CC1(C)OB(c2cccc(C(=O)N[C@@H]3CCC[C@H]3O)c2)OC1(C)C. The minimum Gasteiger partial charge on any atom is -0.399 e. The summed E-state index contributed by atoms with van der Waals surface area (Å²) in [7, 11) is -0.486. The smallest absolute Gasteiger partial charge is 0.399 e. The molecule has 1 aromatic carbocycles. The van der Waals surface area contributed by atoms with E-state index in [1.54, 1.807) is 12.1 Å². The zero-order valence-corrected chi connectivity index (χ0v) is 14.8. The van der Waals surface area contributed by atoms with Crippen LogP contribution in [0.15, 0.2) is 24.3 Å². The molecule has 24 heavy (non-hydrogen) atoms. The first kappa shape index (κ1) is 17.5. The molecule has 1 aliphatic carbocycles. The molecule has 1 heterocycles. The molecule has 1 amide bonds. The summed E-state index contributed by atoms with van der Waals surface area (Å²) in [5.41, 5.74) is 0.558. The minimum absolute atomic E-state index is 0.155. The van der Waals surface area contributed by atoms with Crippen molar-refractivity contribution in [1.29, 1.82) is 0 Å². The molecule has 1 aliphatic heterocycles. The van der Waals surface area contributed by atoms with Crippen LogP contribution in [0.5, 0.6) is 0 Å². The molecule has 0 radical (unpaired) electrons. The van der Waals surface area contributed by atoms with Gasteiger partial charge < -0.3 is 19.7 Å². The first-order chi connectivity index (χ1) is 11.2. The highest BCUT2D eigenvalue weighted by Gasteiger charge is 2.51. The standard InChI is InChI=1S/C18H26BNO4/c1-17(2)18(3,4)24-19(23-17)13-8-5-7-12(11-13)16(22)20-14-9-6-10-15(14)21/h5,7-8,11,14-15,21H,6,9-10H2,1-4H3,(H,20,22)/t14-,15-/m1/s1. The Kier molecular flexibility index (Phi) is 4.49. The number of aliphatic hydroxyl groups excluding tert-OH is 1. The molecule has 2 aliphatic rings. The van der Waals surface area contributed by atoms with Crippen molar-refractivity contribution in [3.8, 4) is 0 Å². The van der Waals surface area contributed by atoms with E-state index in [1.807, 2.05) is 39.8 Å². The third kappa shape index (κ3) is 3.23. The van der Waals surface area contributed by atoms with Gasteiger partial charge >= 0.3 is 7.12 Å². The number of carbonyl (C=O) groups excluding carboxylic acids is 1. The highest BCUT2D eigenvalue weighted by atomic mass is 16.7. The highest BCUT2D eigenvalue weighted by Crippen LogP contribution is 2.36. The maximum Gasteiger partial charge on any atom is 0.494 e. The molecular formula is C18H26BNO4. The molecule has 0 aromatic heterocycles. The number of benzene rings is 1. The molecule has 2 N–H and O–H groups in total. The molecule has 5 nitrogen and oxygen atoms in total. The van der Waals surface area contributed by atoms with Gasteiger partial charge in [-0.3, -0.25) is 4.79 Å². The van der Waals surface area contributed by atoms with Crippen LogP contribution < -0.4 is 10.8 Å². The minimum atomic E-state index is -0.486. The fourth-order valence-corrected chi connectivity index (χ4v) is 3.17. The monoisotopic (exact) mass is 331 g/mol. The van der Waals surface area contributed by atoms with Gasteiger partial charge in [0.1, 0.15) is 0 Å². The van der Waals surface area contributed by atoms with Crippen LogP contribution in [0.1, 0.15) is 57.3 Å². The van der Waals surface area contributed by atoms with Crippen molar-refractivity contribution in [2.45, 2.75) is 70.3 Å². The van der Waals surface area contributed by atoms with E-state index in [9.17, 15) is 9.90 Å². The molecule has 2 fully saturated rings. The molecular weight excluding hydrogens is 305 g/mol. The van der Waals surface area contributed by atoms with Gasteiger partial charge in [-0.25, -0.2) is 0 Å². The molecule has 1 saturated heterocycles. The Bertz CT molecular complexity index is 615. The fourth-order valence-electron chi connectivity index (χ4n) is 3.17. The second-order valence-electron chi connectivity index (χ2n) is 7.79. The molecule has 3 rings (SSSR count). The van der Waals surface area contributed by atoms with Crippen molar-refractivity contribution >= 4 is 18.5 Å². The van der Waals surface area contributed by atoms with Crippen molar-refractivity contribution < 1.29 is 19.2 Å². The van der Waals surface area contributed by atoms with E-state index in [1.165, 1.54) is 0 Å². The topological polar surface area (TPSA) is 67.8 Å². The van der Waals surface area contributed by atoms with Crippen LogP contribution in [0.4, 0.5) is 0 Å². The molecule has 0 spiro atoms. The van der Waals surface area contributed by atoms with E-state index in [0.29, 0.717) is 5.56 Å². The first-order valence-electron chi connectivity index (χ1n) is 8.64. The third-order valence-corrected chi connectivity index (χ3v) is 5.47. The lowest BCUT2D eigenvalue weighted by Gasteiger charge is -2.32. The molecule has 130 valence electrons. The molecule has 0 bridgehead atoms.